The monoisotopic (exact) mass is 518 g/mol. The molecule has 9 nitrogen and oxygen atoms in total. The lowest BCUT2D eigenvalue weighted by molar-refractivity contribution is 0.163. The summed E-state index contributed by atoms with van der Waals surface area (Å²) in [6.45, 7) is 4.49. The summed E-state index contributed by atoms with van der Waals surface area (Å²) in [5.41, 5.74) is 2.92. The molecule has 0 saturated carbocycles. The second-order valence-electron chi connectivity index (χ2n) is 9.10. The van der Waals surface area contributed by atoms with Crippen molar-refractivity contribution in [1.29, 1.82) is 0 Å². The molecule has 0 atom stereocenters. The van der Waals surface area contributed by atoms with Gasteiger partial charge in [0.15, 0.2) is 17.4 Å². The summed E-state index contributed by atoms with van der Waals surface area (Å²) in [6.07, 6.45) is 6.39. The largest absolute Gasteiger partial charge is 0.487 e. The van der Waals surface area contributed by atoms with Gasteiger partial charge in [0.2, 0.25) is 10.0 Å². The van der Waals surface area contributed by atoms with Crippen LogP contribution in [0.25, 0.3) is 11.3 Å². The number of rotatable bonds is 6. The van der Waals surface area contributed by atoms with Crippen molar-refractivity contribution in [2.45, 2.75) is 45.4 Å². The van der Waals surface area contributed by atoms with E-state index < -0.39 is 21.7 Å². The summed E-state index contributed by atoms with van der Waals surface area (Å²) in [6, 6.07) is 3.32. The van der Waals surface area contributed by atoms with Crippen LogP contribution >= 0.6 is 0 Å². The molecule has 0 radical (unpaired) electrons. The van der Waals surface area contributed by atoms with Crippen molar-refractivity contribution in [3.05, 3.63) is 53.6 Å². The van der Waals surface area contributed by atoms with E-state index in [0.717, 1.165) is 23.1 Å². The normalized spacial score (nSPS) is 17.3. The molecule has 2 aromatic heterocycles. The Morgan fingerprint density at radius 3 is 2.56 bits per heavy atom. The van der Waals surface area contributed by atoms with Crippen LogP contribution < -0.4 is 9.64 Å². The van der Waals surface area contributed by atoms with Crippen LogP contribution in [-0.2, 0) is 29.5 Å². The minimum atomic E-state index is -3.34. The fraction of sp³-hybridized carbons (Fsp3) is 0.458. The van der Waals surface area contributed by atoms with E-state index in [4.69, 9.17) is 14.7 Å². The van der Waals surface area contributed by atoms with Crippen molar-refractivity contribution in [3.8, 4) is 17.0 Å². The molecule has 2 aliphatic heterocycles. The predicted octanol–water partition coefficient (Wildman–Crippen LogP) is 3.00. The number of sulfonamides is 1. The average Bonchev–Trinajstić information content (AvgIpc) is 3.34. The molecule has 3 aromatic rings. The highest BCUT2D eigenvalue weighted by atomic mass is 32.2. The van der Waals surface area contributed by atoms with Crippen molar-refractivity contribution < 1.29 is 21.9 Å². The van der Waals surface area contributed by atoms with Crippen LogP contribution in [0.1, 0.15) is 31.2 Å². The minimum absolute atomic E-state index is 0.0477. The van der Waals surface area contributed by atoms with E-state index in [2.05, 4.69) is 10.00 Å². The van der Waals surface area contributed by atoms with Gasteiger partial charge >= 0.3 is 0 Å². The average molecular weight is 519 g/mol. The first-order valence-corrected chi connectivity index (χ1v) is 13.8. The third-order valence-electron chi connectivity index (χ3n) is 6.59. The zero-order chi connectivity index (χ0) is 25.4. The smallest absolute Gasteiger partial charge is 0.211 e. The van der Waals surface area contributed by atoms with E-state index in [0.29, 0.717) is 56.8 Å². The maximum atomic E-state index is 14.0. The molecule has 0 spiro atoms. The Bertz CT molecular complexity index is 1370. The fourth-order valence-corrected chi connectivity index (χ4v) is 5.37. The van der Waals surface area contributed by atoms with Gasteiger partial charge in [0.25, 0.3) is 0 Å². The topological polar surface area (TPSA) is 93.5 Å². The van der Waals surface area contributed by atoms with Gasteiger partial charge in [-0.3, -0.25) is 4.68 Å². The SMILES string of the molecule is CCn1cc(-c2nc3c(nc2N2CCC(Oc4ccc(F)cc4F)CC2)CCN(S(C)(=O)=O)C3)cn1. The van der Waals surface area contributed by atoms with Gasteiger partial charge in [-0.05, 0) is 19.1 Å². The van der Waals surface area contributed by atoms with Gasteiger partial charge in [0.05, 0.1) is 30.4 Å². The molecule has 192 valence electrons. The molecule has 0 amide bonds. The molecule has 4 heterocycles. The van der Waals surface area contributed by atoms with E-state index in [1.54, 1.807) is 10.9 Å². The zero-order valence-corrected chi connectivity index (χ0v) is 21.0. The van der Waals surface area contributed by atoms with Crippen molar-refractivity contribution in [3.63, 3.8) is 0 Å². The lowest BCUT2D eigenvalue weighted by Gasteiger charge is -2.35. The molecule has 5 rings (SSSR count). The van der Waals surface area contributed by atoms with E-state index >= 15 is 0 Å². The Hall–Kier alpha value is -3.12. The van der Waals surface area contributed by atoms with Crippen LogP contribution in [0.2, 0.25) is 0 Å². The van der Waals surface area contributed by atoms with Gasteiger partial charge in [-0.2, -0.15) is 9.40 Å². The molecule has 1 fully saturated rings. The highest BCUT2D eigenvalue weighted by Crippen LogP contribution is 2.33. The number of halogens is 2. The molecule has 12 heteroatoms. The van der Waals surface area contributed by atoms with Gasteiger partial charge in [-0.25, -0.2) is 27.2 Å². The number of hydrogen-bond acceptors (Lipinski definition) is 7. The molecular formula is C24H28F2N6O3S. The predicted molar refractivity (Wildman–Crippen MR) is 130 cm³/mol. The van der Waals surface area contributed by atoms with E-state index in [1.807, 2.05) is 13.1 Å². The van der Waals surface area contributed by atoms with Crippen LogP contribution in [-0.4, -0.2) is 64.5 Å². The number of benzene rings is 1. The molecule has 0 aliphatic carbocycles. The van der Waals surface area contributed by atoms with Crippen LogP contribution in [0.3, 0.4) is 0 Å². The van der Waals surface area contributed by atoms with Crippen molar-refractivity contribution >= 4 is 15.8 Å². The van der Waals surface area contributed by atoms with Crippen LogP contribution in [0.5, 0.6) is 5.75 Å². The number of nitrogens with zero attached hydrogens (tertiary/aromatic N) is 6. The van der Waals surface area contributed by atoms with Gasteiger partial charge in [-0.15, -0.1) is 0 Å². The highest BCUT2D eigenvalue weighted by molar-refractivity contribution is 7.88. The van der Waals surface area contributed by atoms with E-state index in [9.17, 15) is 17.2 Å². The highest BCUT2D eigenvalue weighted by Gasteiger charge is 2.30. The fourth-order valence-electron chi connectivity index (χ4n) is 4.59. The van der Waals surface area contributed by atoms with Crippen molar-refractivity contribution in [2.75, 3.05) is 30.8 Å². The zero-order valence-electron chi connectivity index (χ0n) is 20.2. The second kappa shape index (κ2) is 9.74. The van der Waals surface area contributed by atoms with Gasteiger partial charge in [-0.1, -0.05) is 0 Å². The van der Waals surface area contributed by atoms with Crippen molar-refractivity contribution in [2.24, 2.45) is 0 Å². The summed E-state index contributed by atoms with van der Waals surface area (Å²) < 4.78 is 60.5. The summed E-state index contributed by atoms with van der Waals surface area (Å²) in [4.78, 5) is 12.0. The Balaban J connectivity index is 1.40. The summed E-state index contributed by atoms with van der Waals surface area (Å²) in [5, 5.41) is 4.38. The maximum Gasteiger partial charge on any atom is 0.211 e. The van der Waals surface area contributed by atoms with Gasteiger partial charge < -0.3 is 9.64 Å². The number of fused-ring (bicyclic) bond motifs is 1. The van der Waals surface area contributed by atoms with Crippen LogP contribution in [0, 0.1) is 11.6 Å². The van der Waals surface area contributed by atoms with E-state index in [1.165, 1.54) is 22.7 Å². The maximum absolute atomic E-state index is 14.0. The summed E-state index contributed by atoms with van der Waals surface area (Å²) in [7, 11) is -3.34. The Labute approximate surface area is 208 Å². The number of ether oxygens (including phenoxy) is 1. The number of piperidine rings is 1. The molecule has 1 saturated heterocycles. The quantitative estimate of drug-likeness (QED) is 0.495. The first kappa shape index (κ1) is 24.6. The number of anilines is 1. The third-order valence-corrected chi connectivity index (χ3v) is 7.84. The molecular weight excluding hydrogens is 490 g/mol. The van der Waals surface area contributed by atoms with E-state index in [-0.39, 0.29) is 18.4 Å². The number of hydrogen-bond donors (Lipinski definition) is 0. The Kier molecular flexibility index (Phi) is 6.64. The number of aryl methyl sites for hydroxylation is 1. The molecule has 0 unspecified atom stereocenters. The summed E-state index contributed by atoms with van der Waals surface area (Å²) in [5.74, 6) is -0.578. The first-order chi connectivity index (χ1) is 17.2. The standard InChI is InChI=1S/C24H28F2N6O3S/c1-3-31-14-16(13-27-31)23-24(29-20-8-11-32(36(2,33)34)15-21(20)28-23)30-9-6-18(7-10-30)35-22-5-4-17(25)12-19(22)26/h4-5,12-14,18H,3,6-11,15H2,1-2H3. The first-order valence-electron chi connectivity index (χ1n) is 12.0. The molecule has 0 bridgehead atoms. The summed E-state index contributed by atoms with van der Waals surface area (Å²) >= 11 is 0. The second-order valence-corrected chi connectivity index (χ2v) is 11.1. The lowest BCUT2D eigenvalue weighted by atomic mass is 10.1. The minimum Gasteiger partial charge on any atom is -0.487 e. The van der Waals surface area contributed by atoms with Gasteiger partial charge in [0, 0.05) is 63.3 Å². The molecule has 0 N–H and O–H groups in total. The van der Waals surface area contributed by atoms with Crippen molar-refractivity contribution in [1.82, 2.24) is 24.1 Å². The lowest BCUT2D eigenvalue weighted by Crippen LogP contribution is -2.40. The number of aromatic nitrogens is 4. The van der Waals surface area contributed by atoms with Crippen LogP contribution in [0.15, 0.2) is 30.6 Å². The molecule has 36 heavy (non-hydrogen) atoms. The third kappa shape index (κ3) is 5.05. The molecule has 1 aromatic carbocycles. The van der Waals surface area contributed by atoms with Crippen LogP contribution in [0.4, 0.5) is 14.6 Å². The molecule has 2 aliphatic rings. The van der Waals surface area contributed by atoms with Gasteiger partial charge in [0.1, 0.15) is 17.6 Å². The Morgan fingerprint density at radius 1 is 1.11 bits per heavy atom. The Morgan fingerprint density at radius 2 is 1.89 bits per heavy atom.